The molecule has 1 aliphatic heterocycles. The number of piperazine rings is 1. The van der Waals surface area contributed by atoms with Crippen LogP contribution in [0.5, 0.6) is 0 Å². The van der Waals surface area contributed by atoms with Gasteiger partial charge in [0.05, 0.1) is 5.02 Å². The van der Waals surface area contributed by atoms with Crippen LogP contribution in [0, 0.1) is 11.2 Å². The van der Waals surface area contributed by atoms with Crippen molar-refractivity contribution < 1.29 is 4.39 Å². The molecule has 2 rings (SSSR count). The van der Waals surface area contributed by atoms with Crippen LogP contribution >= 0.6 is 11.6 Å². The largest absolute Gasteiger partial charge is 0.314 e. The summed E-state index contributed by atoms with van der Waals surface area (Å²) in [6, 6.07) is 5.25. The number of hydrogen-bond acceptors (Lipinski definition) is 2. The summed E-state index contributed by atoms with van der Waals surface area (Å²) in [6.45, 7) is 10.4. The first-order valence-corrected chi connectivity index (χ1v) is 7.18. The lowest BCUT2D eigenvalue weighted by molar-refractivity contribution is 0.0861. The van der Waals surface area contributed by atoms with Crippen molar-refractivity contribution in [2.75, 3.05) is 26.2 Å². The normalized spacial score (nSPS) is 19.4. The third kappa shape index (κ3) is 3.28. The van der Waals surface area contributed by atoms with Gasteiger partial charge >= 0.3 is 0 Å². The predicted octanol–water partition coefficient (Wildman–Crippen LogP) is 3.47. The molecule has 0 aliphatic carbocycles. The zero-order valence-corrected chi connectivity index (χ0v) is 12.6. The van der Waals surface area contributed by atoms with Gasteiger partial charge in [-0.1, -0.05) is 44.5 Å². The molecule has 1 N–H and O–H groups in total. The Morgan fingerprint density at radius 1 is 1.26 bits per heavy atom. The Bertz CT molecular complexity index is 436. The Hall–Kier alpha value is -0.640. The number of nitrogens with one attached hydrogen (secondary N) is 1. The van der Waals surface area contributed by atoms with Crippen molar-refractivity contribution in [1.29, 1.82) is 0 Å². The Kier molecular flexibility index (Phi) is 4.49. The highest BCUT2D eigenvalue weighted by Gasteiger charge is 2.34. The maximum atomic E-state index is 13.7. The van der Waals surface area contributed by atoms with E-state index < -0.39 is 0 Å². The highest BCUT2D eigenvalue weighted by Crippen LogP contribution is 2.41. The van der Waals surface area contributed by atoms with Crippen molar-refractivity contribution in [3.05, 3.63) is 34.6 Å². The van der Waals surface area contributed by atoms with Gasteiger partial charge in [-0.3, -0.25) is 4.90 Å². The number of halogens is 2. The standard InChI is InChI=1S/C15H22ClFN2/c1-15(2,3)14(19-9-7-18-8-10-19)11-5-4-6-12(17)13(11)16/h4-6,14,18H,7-10H2,1-3H3/t14-/m1/s1. The lowest BCUT2D eigenvalue weighted by atomic mass is 9.81. The van der Waals surface area contributed by atoms with Crippen molar-refractivity contribution in [3.8, 4) is 0 Å². The van der Waals surface area contributed by atoms with Crippen LogP contribution in [-0.4, -0.2) is 31.1 Å². The van der Waals surface area contributed by atoms with Gasteiger partial charge in [0.15, 0.2) is 0 Å². The van der Waals surface area contributed by atoms with Gasteiger partial charge in [0.25, 0.3) is 0 Å². The van der Waals surface area contributed by atoms with Crippen LogP contribution in [0.15, 0.2) is 18.2 Å². The van der Waals surface area contributed by atoms with E-state index in [9.17, 15) is 4.39 Å². The summed E-state index contributed by atoms with van der Waals surface area (Å²) in [5, 5.41) is 3.61. The fourth-order valence-electron chi connectivity index (χ4n) is 2.88. The first kappa shape index (κ1) is 14.8. The average Bonchev–Trinajstić information content (AvgIpc) is 2.35. The summed E-state index contributed by atoms with van der Waals surface area (Å²) in [4.78, 5) is 2.40. The number of nitrogens with zero attached hydrogens (tertiary/aromatic N) is 1. The molecule has 106 valence electrons. The van der Waals surface area contributed by atoms with Crippen LogP contribution in [0.1, 0.15) is 32.4 Å². The first-order chi connectivity index (χ1) is 8.91. The molecule has 0 aromatic heterocycles. The van der Waals surface area contributed by atoms with E-state index in [2.05, 4.69) is 31.0 Å². The summed E-state index contributed by atoms with van der Waals surface area (Å²) in [5.74, 6) is -0.330. The van der Waals surface area contributed by atoms with Crippen LogP contribution in [0.2, 0.25) is 5.02 Å². The third-order valence-electron chi connectivity index (χ3n) is 3.61. The monoisotopic (exact) mass is 284 g/mol. The zero-order chi connectivity index (χ0) is 14.0. The van der Waals surface area contributed by atoms with Crippen LogP contribution in [0.4, 0.5) is 4.39 Å². The van der Waals surface area contributed by atoms with E-state index in [1.807, 2.05) is 6.07 Å². The highest BCUT2D eigenvalue weighted by atomic mass is 35.5. The second-order valence-electron chi connectivity index (χ2n) is 6.20. The molecule has 0 spiro atoms. The lowest BCUT2D eigenvalue weighted by Crippen LogP contribution is -2.48. The smallest absolute Gasteiger partial charge is 0.142 e. The third-order valence-corrected chi connectivity index (χ3v) is 4.01. The van der Waals surface area contributed by atoms with Gasteiger partial charge in [0.2, 0.25) is 0 Å². The maximum Gasteiger partial charge on any atom is 0.142 e. The predicted molar refractivity (Wildman–Crippen MR) is 78.0 cm³/mol. The summed E-state index contributed by atoms with van der Waals surface area (Å²) in [5.41, 5.74) is 0.908. The summed E-state index contributed by atoms with van der Waals surface area (Å²) in [6.07, 6.45) is 0. The quantitative estimate of drug-likeness (QED) is 0.895. The molecule has 0 radical (unpaired) electrons. The fraction of sp³-hybridized carbons (Fsp3) is 0.600. The minimum absolute atomic E-state index is 0.00870. The fourth-order valence-corrected chi connectivity index (χ4v) is 3.11. The van der Waals surface area contributed by atoms with Crippen molar-refractivity contribution in [2.45, 2.75) is 26.8 Å². The second kappa shape index (κ2) is 5.78. The molecule has 1 aromatic rings. The lowest BCUT2D eigenvalue weighted by Gasteiger charge is -2.43. The first-order valence-electron chi connectivity index (χ1n) is 6.80. The van der Waals surface area contributed by atoms with Crippen LogP contribution in [0.25, 0.3) is 0 Å². The van der Waals surface area contributed by atoms with E-state index in [-0.39, 0.29) is 22.3 Å². The second-order valence-corrected chi connectivity index (χ2v) is 6.58. The molecule has 4 heteroatoms. The molecule has 1 fully saturated rings. The average molecular weight is 285 g/mol. The Labute approximate surface area is 119 Å². The Balaban J connectivity index is 2.40. The topological polar surface area (TPSA) is 15.3 Å². The Morgan fingerprint density at radius 2 is 1.89 bits per heavy atom. The molecule has 0 saturated carbocycles. The van der Waals surface area contributed by atoms with Gasteiger partial charge in [0, 0.05) is 32.2 Å². The molecule has 1 saturated heterocycles. The molecule has 1 aromatic carbocycles. The zero-order valence-electron chi connectivity index (χ0n) is 11.8. The summed E-state index contributed by atoms with van der Waals surface area (Å²) < 4.78 is 13.7. The molecule has 1 heterocycles. The van der Waals surface area contributed by atoms with E-state index in [1.54, 1.807) is 6.07 Å². The number of rotatable bonds is 2. The highest BCUT2D eigenvalue weighted by molar-refractivity contribution is 6.31. The number of benzene rings is 1. The molecule has 0 bridgehead atoms. The minimum atomic E-state index is -0.330. The van der Waals surface area contributed by atoms with Gasteiger partial charge < -0.3 is 5.32 Å². The van der Waals surface area contributed by atoms with Gasteiger partial charge in [-0.25, -0.2) is 4.39 Å². The summed E-state index contributed by atoms with van der Waals surface area (Å²) >= 11 is 6.20. The van der Waals surface area contributed by atoms with Crippen molar-refractivity contribution in [2.24, 2.45) is 5.41 Å². The van der Waals surface area contributed by atoms with Crippen LogP contribution < -0.4 is 5.32 Å². The SMILES string of the molecule is CC(C)(C)[C@@H](c1cccc(F)c1Cl)N1CCNCC1. The van der Waals surface area contributed by atoms with Gasteiger partial charge in [-0.2, -0.15) is 0 Å². The van der Waals surface area contributed by atoms with Gasteiger partial charge in [-0.15, -0.1) is 0 Å². The summed E-state index contributed by atoms with van der Waals surface area (Å²) in [7, 11) is 0. The van der Waals surface area contributed by atoms with E-state index in [0.29, 0.717) is 0 Å². The Morgan fingerprint density at radius 3 is 2.47 bits per heavy atom. The van der Waals surface area contributed by atoms with Crippen LogP contribution in [-0.2, 0) is 0 Å². The van der Waals surface area contributed by atoms with Crippen LogP contribution in [0.3, 0.4) is 0 Å². The van der Waals surface area contributed by atoms with E-state index >= 15 is 0 Å². The molecular formula is C15H22ClFN2. The minimum Gasteiger partial charge on any atom is -0.314 e. The molecule has 19 heavy (non-hydrogen) atoms. The van der Waals surface area contributed by atoms with Crippen molar-refractivity contribution in [1.82, 2.24) is 10.2 Å². The molecule has 0 amide bonds. The molecule has 1 aliphatic rings. The van der Waals surface area contributed by atoms with Crippen molar-refractivity contribution >= 4 is 11.6 Å². The van der Waals surface area contributed by atoms with E-state index in [1.165, 1.54) is 6.07 Å². The maximum absolute atomic E-state index is 13.7. The molecule has 0 unspecified atom stereocenters. The van der Waals surface area contributed by atoms with Crippen molar-refractivity contribution in [3.63, 3.8) is 0 Å². The van der Waals surface area contributed by atoms with E-state index in [0.717, 1.165) is 31.7 Å². The van der Waals surface area contributed by atoms with E-state index in [4.69, 9.17) is 11.6 Å². The van der Waals surface area contributed by atoms with Gasteiger partial charge in [-0.05, 0) is 17.0 Å². The van der Waals surface area contributed by atoms with Gasteiger partial charge in [0.1, 0.15) is 5.82 Å². The number of hydrogen-bond donors (Lipinski definition) is 1. The molecule has 2 nitrogen and oxygen atoms in total. The molecule has 1 atom stereocenters. The molecular weight excluding hydrogens is 263 g/mol.